The highest BCUT2D eigenvalue weighted by atomic mass is 32.2. The number of para-hydroxylation sites is 1. The maximum absolute atomic E-state index is 13.9. The third kappa shape index (κ3) is 4.44. The summed E-state index contributed by atoms with van der Waals surface area (Å²) in [6, 6.07) is 6.44. The first kappa shape index (κ1) is 18.9. The normalized spacial score (nSPS) is 22.8. The Kier molecular flexibility index (Phi) is 6.29. The molecule has 140 valence electrons. The molecule has 26 heavy (non-hydrogen) atoms. The molecule has 7 heteroatoms. The molecule has 1 atom stereocenters. The number of carbonyl (C=O) groups is 2. The van der Waals surface area contributed by atoms with Gasteiger partial charge in [-0.2, -0.15) is 0 Å². The van der Waals surface area contributed by atoms with Crippen LogP contribution in [0.2, 0.25) is 0 Å². The van der Waals surface area contributed by atoms with E-state index < -0.39 is 11.1 Å². The second kappa shape index (κ2) is 8.66. The van der Waals surface area contributed by atoms with Crippen LogP contribution in [0.3, 0.4) is 0 Å². The van der Waals surface area contributed by atoms with Crippen molar-refractivity contribution in [2.24, 2.45) is 4.99 Å². The second-order valence-corrected chi connectivity index (χ2v) is 7.81. The van der Waals surface area contributed by atoms with Crippen LogP contribution < -0.4 is 5.32 Å². The van der Waals surface area contributed by atoms with Gasteiger partial charge in [0.15, 0.2) is 5.17 Å². The van der Waals surface area contributed by atoms with Crippen LogP contribution in [0, 0.1) is 5.82 Å². The Hall–Kier alpha value is -1.89. The number of thioether (sulfide) groups is 1. The van der Waals surface area contributed by atoms with Crippen molar-refractivity contribution >= 4 is 34.4 Å². The van der Waals surface area contributed by atoms with Crippen LogP contribution in [0.4, 0.5) is 10.1 Å². The monoisotopic (exact) mass is 377 g/mol. The summed E-state index contributed by atoms with van der Waals surface area (Å²) in [7, 11) is 0. The van der Waals surface area contributed by atoms with Crippen molar-refractivity contribution in [1.29, 1.82) is 0 Å². The number of carbonyl (C=O) groups excluding carboxylic acids is 2. The summed E-state index contributed by atoms with van der Waals surface area (Å²) in [6.45, 7) is 2.29. The van der Waals surface area contributed by atoms with E-state index in [1.807, 2.05) is 6.92 Å². The number of halogens is 1. The van der Waals surface area contributed by atoms with Gasteiger partial charge in [-0.3, -0.25) is 14.5 Å². The number of amidine groups is 1. The van der Waals surface area contributed by atoms with E-state index in [1.54, 1.807) is 18.2 Å². The molecule has 5 nitrogen and oxygen atoms in total. The molecule has 1 heterocycles. The topological polar surface area (TPSA) is 61.8 Å². The lowest BCUT2D eigenvalue weighted by Gasteiger charge is -2.23. The van der Waals surface area contributed by atoms with E-state index in [0.29, 0.717) is 11.7 Å². The molecule has 1 unspecified atom stereocenters. The number of hydrogen-bond acceptors (Lipinski definition) is 4. The van der Waals surface area contributed by atoms with Gasteiger partial charge in [0.05, 0.1) is 0 Å². The van der Waals surface area contributed by atoms with Crippen molar-refractivity contribution < 1.29 is 14.0 Å². The molecule has 2 amide bonds. The Labute approximate surface area is 157 Å². The van der Waals surface area contributed by atoms with E-state index in [2.05, 4.69) is 10.3 Å². The first-order chi connectivity index (χ1) is 12.6. The molecular weight excluding hydrogens is 353 g/mol. The van der Waals surface area contributed by atoms with Crippen LogP contribution in [-0.2, 0) is 9.59 Å². The van der Waals surface area contributed by atoms with E-state index in [9.17, 15) is 14.0 Å². The largest absolute Gasteiger partial charge is 0.353 e. The molecule has 1 saturated heterocycles. The minimum atomic E-state index is -0.496. The summed E-state index contributed by atoms with van der Waals surface area (Å²) in [5.74, 6) is -0.653. The van der Waals surface area contributed by atoms with Gasteiger partial charge in [-0.05, 0) is 31.9 Å². The minimum absolute atomic E-state index is 0.0917. The lowest BCUT2D eigenvalue weighted by atomic mass is 9.95. The van der Waals surface area contributed by atoms with E-state index in [1.165, 1.54) is 29.1 Å². The van der Waals surface area contributed by atoms with E-state index in [-0.39, 0.29) is 30.0 Å². The molecule has 0 spiro atoms. The number of hydrogen-bond donors (Lipinski definition) is 1. The van der Waals surface area contributed by atoms with Crippen LogP contribution in [0.25, 0.3) is 0 Å². The summed E-state index contributed by atoms with van der Waals surface area (Å²) in [5, 5.41) is 3.01. The predicted molar refractivity (Wildman–Crippen MR) is 102 cm³/mol. The van der Waals surface area contributed by atoms with Crippen LogP contribution in [0.1, 0.15) is 45.4 Å². The van der Waals surface area contributed by atoms with Crippen molar-refractivity contribution in [2.75, 3.05) is 6.54 Å². The highest BCUT2D eigenvalue weighted by molar-refractivity contribution is 8.15. The Balaban J connectivity index is 1.66. The zero-order valence-corrected chi connectivity index (χ0v) is 15.7. The molecule has 1 aliphatic heterocycles. The first-order valence-electron chi connectivity index (χ1n) is 9.19. The lowest BCUT2D eigenvalue weighted by Crippen LogP contribution is -2.39. The van der Waals surface area contributed by atoms with Gasteiger partial charge in [-0.1, -0.05) is 43.2 Å². The smallest absolute Gasteiger partial charge is 0.242 e. The highest BCUT2D eigenvalue weighted by Gasteiger charge is 2.38. The zero-order chi connectivity index (χ0) is 18.5. The molecule has 1 aromatic rings. The number of amides is 2. The third-order valence-corrected chi connectivity index (χ3v) is 5.92. The molecule has 1 aliphatic carbocycles. The number of benzene rings is 1. The Bertz CT molecular complexity index is 704. The standard InChI is InChI=1S/C19H24FN3O2S/c1-2-23-18(25)16(12-17(24)21-13-8-4-3-5-9-13)26-19(23)22-15-11-7-6-10-14(15)20/h6-7,10-11,13,16H,2-5,8-9,12H2,1H3,(H,21,24). The quantitative estimate of drug-likeness (QED) is 0.853. The molecule has 3 rings (SSSR count). The van der Waals surface area contributed by atoms with Gasteiger partial charge in [-0.25, -0.2) is 9.38 Å². The Morgan fingerprint density at radius 1 is 1.31 bits per heavy atom. The fourth-order valence-corrected chi connectivity index (χ4v) is 4.58. The number of nitrogens with one attached hydrogen (secondary N) is 1. The van der Waals surface area contributed by atoms with Crippen molar-refractivity contribution in [3.8, 4) is 0 Å². The van der Waals surface area contributed by atoms with Gasteiger partial charge in [0, 0.05) is 19.0 Å². The number of aliphatic imine (C=N–C) groups is 1. The van der Waals surface area contributed by atoms with Gasteiger partial charge in [-0.15, -0.1) is 0 Å². The van der Waals surface area contributed by atoms with E-state index in [0.717, 1.165) is 25.7 Å². The fraction of sp³-hybridized carbons (Fsp3) is 0.526. The van der Waals surface area contributed by atoms with Crippen molar-refractivity contribution in [3.05, 3.63) is 30.1 Å². The highest BCUT2D eigenvalue weighted by Crippen LogP contribution is 2.32. The summed E-state index contributed by atoms with van der Waals surface area (Å²) in [4.78, 5) is 30.8. The summed E-state index contributed by atoms with van der Waals surface area (Å²) in [5.41, 5.74) is 0.202. The molecule has 2 fully saturated rings. The van der Waals surface area contributed by atoms with Crippen LogP contribution in [0.15, 0.2) is 29.3 Å². The summed E-state index contributed by atoms with van der Waals surface area (Å²) >= 11 is 1.24. The zero-order valence-electron chi connectivity index (χ0n) is 14.9. The van der Waals surface area contributed by atoms with Gasteiger partial charge in [0.1, 0.15) is 16.8 Å². The molecular formula is C19H24FN3O2S. The number of nitrogens with zero attached hydrogens (tertiary/aromatic N) is 2. The molecule has 1 saturated carbocycles. The first-order valence-corrected chi connectivity index (χ1v) is 10.1. The third-order valence-electron chi connectivity index (χ3n) is 4.75. The van der Waals surface area contributed by atoms with Crippen molar-refractivity contribution in [1.82, 2.24) is 10.2 Å². The minimum Gasteiger partial charge on any atom is -0.353 e. The van der Waals surface area contributed by atoms with Gasteiger partial charge in [0.25, 0.3) is 0 Å². The maximum atomic E-state index is 13.9. The number of rotatable bonds is 5. The summed E-state index contributed by atoms with van der Waals surface area (Å²) in [6.07, 6.45) is 5.67. The Morgan fingerprint density at radius 3 is 2.73 bits per heavy atom. The van der Waals surface area contributed by atoms with Crippen molar-refractivity contribution in [2.45, 2.75) is 56.7 Å². The average molecular weight is 377 g/mol. The lowest BCUT2D eigenvalue weighted by molar-refractivity contribution is -0.129. The molecule has 0 aromatic heterocycles. The predicted octanol–water partition coefficient (Wildman–Crippen LogP) is 3.62. The van der Waals surface area contributed by atoms with Gasteiger partial charge < -0.3 is 5.32 Å². The molecule has 1 N–H and O–H groups in total. The summed E-state index contributed by atoms with van der Waals surface area (Å²) < 4.78 is 13.9. The van der Waals surface area contributed by atoms with E-state index >= 15 is 0 Å². The molecule has 0 bridgehead atoms. The molecule has 0 radical (unpaired) electrons. The SMILES string of the molecule is CCN1C(=O)C(CC(=O)NC2CCCCC2)SC1=Nc1ccccc1F. The maximum Gasteiger partial charge on any atom is 0.242 e. The average Bonchev–Trinajstić information content (AvgIpc) is 2.92. The van der Waals surface area contributed by atoms with E-state index in [4.69, 9.17) is 0 Å². The Morgan fingerprint density at radius 2 is 2.04 bits per heavy atom. The van der Waals surface area contributed by atoms with Crippen molar-refractivity contribution in [3.63, 3.8) is 0 Å². The van der Waals surface area contributed by atoms with Gasteiger partial charge >= 0.3 is 0 Å². The van der Waals surface area contributed by atoms with Crippen LogP contribution >= 0.6 is 11.8 Å². The van der Waals surface area contributed by atoms with Gasteiger partial charge in [0.2, 0.25) is 11.8 Å². The molecule has 2 aliphatic rings. The second-order valence-electron chi connectivity index (χ2n) is 6.64. The molecule has 1 aromatic carbocycles. The fourth-order valence-electron chi connectivity index (χ4n) is 3.36. The van der Waals surface area contributed by atoms with Crippen LogP contribution in [-0.4, -0.2) is 39.7 Å². The van der Waals surface area contributed by atoms with Crippen LogP contribution in [0.5, 0.6) is 0 Å².